The molecule has 0 aliphatic carbocycles. The summed E-state index contributed by atoms with van der Waals surface area (Å²) in [5.41, 5.74) is 2.01. The van der Waals surface area contributed by atoms with Crippen LogP contribution in [0, 0.1) is 0 Å². The Morgan fingerprint density at radius 3 is 2.04 bits per heavy atom. The zero-order valence-electron chi connectivity index (χ0n) is 14.3. The topological polar surface area (TPSA) is 76.2 Å². The van der Waals surface area contributed by atoms with Crippen LogP contribution in [-0.2, 0) is 14.3 Å². The highest BCUT2D eigenvalue weighted by atomic mass is 16.5. The van der Waals surface area contributed by atoms with E-state index >= 15 is 0 Å². The lowest BCUT2D eigenvalue weighted by Gasteiger charge is -2.39. The number of nitrogens with zero attached hydrogens (tertiary/aromatic N) is 2. The maximum absolute atomic E-state index is 12.4. The Morgan fingerprint density at radius 2 is 1.54 bits per heavy atom. The lowest BCUT2D eigenvalue weighted by Crippen LogP contribution is -2.47. The molecule has 1 heterocycles. The maximum atomic E-state index is 12.4. The molecule has 1 atom stereocenters. The SMILES string of the molecule is COC(=O)C1=C(C)N(C)C(=O)N(C)C1c1ccc(C(=O)OC)cc1. The molecule has 1 unspecified atom stereocenters. The fourth-order valence-electron chi connectivity index (χ4n) is 2.74. The first kappa shape index (κ1) is 17.5. The van der Waals surface area contributed by atoms with Gasteiger partial charge in [0.15, 0.2) is 0 Å². The van der Waals surface area contributed by atoms with Crippen LogP contribution in [0.25, 0.3) is 0 Å². The number of ether oxygens (including phenoxy) is 2. The van der Waals surface area contributed by atoms with E-state index < -0.39 is 18.0 Å². The van der Waals surface area contributed by atoms with Gasteiger partial charge in [0.1, 0.15) is 0 Å². The van der Waals surface area contributed by atoms with E-state index in [1.54, 1.807) is 45.3 Å². The number of likely N-dealkylation sites (N-methyl/N-ethyl adjacent to an activating group) is 1. The van der Waals surface area contributed by atoms with Gasteiger partial charge in [-0.1, -0.05) is 12.1 Å². The van der Waals surface area contributed by atoms with Crippen molar-refractivity contribution in [2.24, 2.45) is 0 Å². The standard InChI is InChI=1S/C17H20N2O5/c1-10-13(16(21)24-5)14(19(3)17(22)18(10)2)11-6-8-12(9-7-11)15(20)23-4/h6-9,14H,1-5H3. The highest BCUT2D eigenvalue weighted by Crippen LogP contribution is 2.36. The van der Waals surface area contributed by atoms with Gasteiger partial charge in [0.05, 0.1) is 31.4 Å². The normalized spacial score (nSPS) is 17.9. The Kier molecular flexibility index (Phi) is 4.92. The molecule has 1 aliphatic rings. The number of carbonyl (C=O) groups excluding carboxylic acids is 3. The van der Waals surface area contributed by atoms with Crippen molar-refractivity contribution >= 4 is 18.0 Å². The summed E-state index contributed by atoms with van der Waals surface area (Å²) >= 11 is 0. The summed E-state index contributed by atoms with van der Waals surface area (Å²) in [6.07, 6.45) is 0. The summed E-state index contributed by atoms with van der Waals surface area (Å²) in [6.45, 7) is 1.70. The molecule has 128 valence electrons. The molecule has 0 fully saturated rings. The van der Waals surface area contributed by atoms with Crippen molar-refractivity contribution in [3.05, 3.63) is 46.7 Å². The lowest BCUT2D eigenvalue weighted by atomic mass is 9.93. The van der Waals surface area contributed by atoms with Crippen molar-refractivity contribution in [3.63, 3.8) is 0 Å². The smallest absolute Gasteiger partial charge is 0.337 e. The van der Waals surface area contributed by atoms with Crippen LogP contribution in [0.2, 0.25) is 0 Å². The number of amides is 2. The molecule has 0 saturated heterocycles. The average Bonchev–Trinajstić information content (AvgIpc) is 2.61. The van der Waals surface area contributed by atoms with E-state index in [-0.39, 0.29) is 6.03 Å². The van der Waals surface area contributed by atoms with Gasteiger partial charge in [-0.2, -0.15) is 0 Å². The van der Waals surface area contributed by atoms with Gasteiger partial charge in [-0.3, -0.25) is 0 Å². The second-order valence-electron chi connectivity index (χ2n) is 5.46. The minimum Gasteiger partial charge on any atom is -0.466 e. The molecule has 0 saturated carbocycles. The average molecular weight is 332 g/mol. The van der Waals surface area contributed by atoms with Crippen molar-refractivity contribution < 1.29 is 23.9 Å². The summed E-state index contributed by atoms with van der Waals surface area (Å²) in [5.74, 6) is -0.949. The molecule has 0 N–H and O–H groups in total. The van der Waals surface area contributed by atoms with Crippen LogP contribution < -0.4 is 0 Å². The Bertz CT molecular complexity index is 708. The third kappa shape index (κ3) is 2.84. The molecule has 7 nitrogen and oxygen atoms in total. The zero-order valence-corrected chi connectivity index (χ0v) is 14.3. The predicted octanol–water partition coefficient (Wildman–Crippen LogP) is 1.96. The lowest BCUT2D eigenvalue weighted by molar-refractivity contribution is -0.137. The number of esters is 2. The van der Waals surface area contributed by atoms with Crippen molar-refractivity contribution in [1.29, 1.82) is 0 Å². The minimum absolute atomic E-state index is 0.234. The van der Waals surface area contributed by atoms with Crippen LogP contribution in [0.15, 0.2) is 35.5 Å². The van der Waals surface area contributed by atoms with E-state index in [1.165, 1.54) is 24.0 Å². The first-order valence-electron chi connectivity index (χ1n) is 7.31. The number of hydrogen-bond acceptors (Lipinski definition) is 5. The molecular weight excluding hydrogens is 312 g/mol. The Hall–Kier alpha value is -2.83. The van der Waals surface area contributed by atoms with Gasteiger partial charge in [0.25, 0.3) is 0 Å². The van der Waals surface area contributed by atoms with Crippen LogP contribution in [0.1, 0.15) is 28.9 Å². The Balaban J connectivity index is 2.53. The molecule has 0 bridgehead atoms. The zero-order chi connectivity index (χ0) is 18.0. The fourth-order valence-corrected chi connectivity index (χ4v) is 2.74. The monoisotopic (exact) mass is 332 g/mol. The van der Waals surface area contributed by atoms with Crippen LogP contribution in [-0.4, -0.2) is 56.1 Å². The molecule has 1 aliphatic heterocycles. The second-order valence-corrected chi connectivity index (χ2v) is 5.46. The molecule has 2 rings (SSSR count). The van der Waals surface area contributed by atoms with Gasteiger partial charge in [0.2, 0.25) is 0 Å². The van der Waals surface area contributed by atoms with E-state index in [9.17, 15) is 14.4 Å². The summed E-state index contributed by atoms with van der Waals surface area (Å²) in [7, 11) is 5.83. The number of carbonyl (C=O) groups is 3. The van der Waals surface area contributed by atoms with E-state index in [4.69, 9.17) is 4.74 Å². The van der Waals surface area contributed by atoms with Gasteiger partial charge in [-0.15, -0.1) is 0 Å². The van der Waals surface area contributed by atoms with Crippen LogP contribution >= 0.6 is 0 Å². The third-order valence-corrected chi connectivity index (χ3v) is 4.20. The highest BCUT2D eigenvalue weighted by Gasteiger charge is 2.38. The molecule has 2 amide bonds. The van der Waals surface area contributed by atoms with Crippen LogP contribution in [0.4, 0.5) is 4.79 Å². The van der Waals surface area contributed by atoms with Crippen LogP contribution in [0.3, 0.4) is 0 Å². The van der Waals surface area contributed by atoms with Crippen molar-refractivity contribution in [2.75, 3.05) is 28.3 Å². The predicted molar refractivity (Wildman–Crippen MR) is 86.2 cm³/mol. The van der Waals surface area contributed by atoms with E-state index in [0.29, 0.717) is 22.4 Å². The number of benzene rings is 1. The number of rotatable bonds is 3. The third-order valence-electron chi connectivity index (χ3n) is 4.20. The fraction of sp³-hybridized carbons (Fsp3) is 0.353. The summed E-state index contributed by atoms with van der Waals surface area (Å²) < 4.78 is 9.56. The van der Waals surface area contributed by atoms with E-state index in [1.807, 2.05) is 0 Å². The molecule has 1 aromatic rings. The van der Waals surface area contributed by atoms with Gasteiger partial charge in [-0.05, 0) is 24.6 Å². The summed E-state index contributed by atoms with van der Waals surface area (Å²) in [6, 6.07) is 5.77. The van der Waals surface area contributed by atoms with Crippen molar-refractivity contribution in [2.45, 2.75) is 13.0 Å². The second kappa shape index (κ2) is 6.74. The van der Waals surface area contributed by atoms with Gasteiger partial charge in [-0.25, -0.2) is 14.4 Å². The summed E-state index contributed by atoms with van der Waals surface area (Å²) in [4.78, 5) is 39.1. The maximum Gasteiger partial charge on any atom is 0.337 e. The molecular formula is C17H20N2O5. The van der Waals surface area contributed by atoms with Gasteiger partial charge >= 0.3 is 18.0 Å². The van der Waals surface area contributed by atoms with Crippen molar-refractivity contribution in [3.8, 4) is 0 Å². The van der Waals surface area contributed by atoms with Crippen molar-refractivity contribution in [1.82, 2.24) is 9.80 Å². The minimum atomic E-state index is -0.590. The number of hydrogen-bond donors (Lipinski definition) is 0. The molecule has 0 radical (unpaired) electrons. The van der Waals surface area contributed by atoms with E-state index in [0.717, 1.165) is 0 Å². The molecule has 24 heavy (non-hydrogen) atoms. The molecule has 0 aromatic heterocycles. The van der Waals surface area contributed by atoms with E-state index in [2.05, 4.69) is 4.74 Å². The number of methoxy groups -OCH3 is 2. The van der Waals surface area contributed by atoms with Gasteiger partial charge < -0.3 is 19.3 Å². The molecule has 1 aromatic carbocycles. The molecule has 0 spiro atoms. The first-order valence-corrected chi connectivity index (χ1v) is 7.31. The van der Waals surface area contributed by atoms with Crippen LogP contribution in [0.5, 0.6) is 0 Å². The first-order chi connectivity index (χ1) is 11.3. The Labute approximate surface area is 140 Å². The Morgan fingerprint density at radius 1 is 1.00 bits per heavy atom. The largest absolute Gasteiger partial charge is 0.466 e. The highest BCUT2D eigenvalue weighted by molar-refractivity contribution is 5.95. The number of allylic oxidation sites excluding steroid dienone is 1. The quantitative estimate of drug-likeness (QED) is 0.791. The summed E-state index contributed by atoms with van der Waals surface area (Å²) in [5, 5.41) is 0. The van der Waals surface area contributed by atoms with Gasteiger partial charge in [0, 0.05) is 19.8 Å². The number of urea groups is 1. The molecule has 7 heteroatoms.